The van der Waals surface area contributed by atoms with E-state index in [0.717, 1.165) is 36.1 Å². The van der Waals surface area contributed by atoms with Gasteiger partial charge in [-0.1, -0.05) is 44.4 Å². The van der Waals surface area contributed by atoms with Gasteiger partial charge in [0.05, 0.1) is 30.8 Å². The van der Waals surface area contributed by atoms with Crippen molar-refractivity contribution in [2.45, 2.75) is 39.0 Å². The Hall–Kier alpha value is -2.82. The van der Waals surface area contributed by atoms with Crippen LogP contribution in [0.5, 0.6) is 11.5 Å². The lowest BCUT2D eigenvalue weighted by atomic mass is 9.94. The molecule has 0 saturated carbocycles. The zero-order chi connectivity index (χ0) is 19.6. The van der Waals surface area contributed by atoms with E-state index in [4.69, 9.17) is 9.47 Å². The van der Waals surface area contributed by atoms with E-state index in [1.165, 1.54) is 26.0 Å². The van der Waals surface area contributed by atoms with Crippen molar-refractivity contribution in [2.75, 3.05) is 14.2 Å². The van der Waals surface area contributed by atoms with Crippen molar-refractivity contribution in [1.29, 1.82) is 0 Å². The molecule has 0 atom stereocenters. The summed E-state index contributed by atoms with van der Waals surface area (Å²) in [5, 5.41) is 11.6. The van der Waals surface area contributed by atoms with Crippen LogP contribution in [0, 0.1) is 10.1 Å². The number of unbranched alkanes of at least 4 members (excludes halogenated alkanes) is 4. The minimum absolute atomic E-state index is 0.0463. The zero-order valence-electron chi connectivity index (χ0n) is 16.2. The van der Waals surface area contributed by atoms with Crippen LogP contribution < -0.4 is 9.47 Å². The Kier molecular flexibility index (Phi) is 7.86. The van der Waals surface area contributed by atoms with Crippen LogP contribution in [0.4, 0.5) is 5.69 Å². The molecule has 5 heteroatoms. The number of hydrogen-bond donors (Lipinski definition) is 0. The molecule has 144 valence electrons. The second-order valence-electron chi connectivity index (χ2n) is 6.34. The van der Waals surface area contributed by atoms with Gasteiger partial charge in [0.25, 0.3) is 5.69 Å². The largest absolute Gasteiger partial charge is 0.497 e. The highest BCUT2D eigenvalue weighted by atomic mass is 16.6. The van der Waals surface area contributed by atoms with Gasteiger partial charge in [-0.2, -0.15) is 0 Å². The number of hydrogen-bond acceptors (Lipinski definition) is 4. The summed E-state index contributed by atoms with van der Waals surface area (Å²) in [4.78, 5) is 11.3. The van der Waals surface area contributed by atoms with Crippen molar-refractivity contribution >= 4 is 11.3 Å². The van der Waals surface area contributed by atoms with E-state index in [1.54, 1.807) is 19.2 Å². The Bertz CT molecular complexity index is 781. The molecule has 0 heterocycles. The Morgan fingerprint density at radius 1 is 1.00 bits per heavy atom. The molecule has 0 aliphatic carbocycles. The normalized spacial score (nSPS) is 11.3. The summed E-state index contributed by atoms with van der Waals surface area (Å²) in [5.74, 6) is 1.23. The number of methoxy groups -OCH3 is 2. The predicted molar refractivity (Wildman–Crippen MR) is 108 cm³/mol. The van der Waals surface area contributed by atoms with Crippen molar-refractivity contribution in [1.82, 2.24) is 0 Å². The van der Waals surface area contributed by atoms with E-state index in [9.17, 15) is 10.1 Å². The van der Waals surface area contributed by atoms with Gasteiger partial charge in [0.1, 0.15) is 11.5 Å². The maximum Gasteiger partial charge on any atom is 0.280 e. The molecule has 2 aromatic carbocycles. The van der Waals surface area contributed by atoms with Crippen LogP contribution in [0.15, 0.2) is 48.5 Å². The molecule has 0 unspecified atom stereocenters. The molecular weight excluding hydrogens is 342 g/mol. The number of rotatable bonds is 10. The molecule has 0 spiro atoms. The number of ether oxygens (including phenoxy) is 2. The van der Waals surface area contributed by atoms with Crippen molar-refractivity contribution in [3.8, 4) is 11.5 Å². The fourth-order valence-corrected chi connectivity index (χ4v) is 2.99. The molecule has 0 N–H and O–H groups in total. The fourth-order valence-electron chi connectivity index (χ4n) is 2.99. The third kappa shape index (κ3) is 5.58. The lowest BCUT2D eigenvalue weighted by Gasteiger charge is -2.11. The van der Waals surface area contributed by atoms with Gasteiger partial charge in [0.2, 0.25) is 0 Å². The van der Waals surface area contributed by atoms with Crippen LogP contribution in [0.2, 0.25) is 0 Å². The van der Waals surface area contributed by atoms with Gasteiger partial charge in [-0.05, 0) is 48.2 Å². The standard InChI is InChI=1S/C22H27NO4/c1-4-5-6-7-8-9-20(17-10-12-18(26-2)13-11-17)21-15-14-19(27-3)16-22(21)23(24)25/h9-16H,4-8H2,1-3H3/b20-9-. The van der Waals surface area contributed by atoms with Crippen molar-refractivity contribution < 1.29 is 14.4 Å². The summed E-state index contributed by atoms with van der Waals surface area (Å²) in [6, 6.07) is 12.6. The van der Waals surface area contributed by atoms with Crippen LogP contribution in [0.3, 0.4) is 0 Å². The Labute approximate surface area is 160 Å². The quantitative estimate of drug-likeness (QED) is 0.292. The van der Waals surface area contributed by atoms with Gasteiger partial charge in [-0.15, -0.1) is 0 Å². The van der Waals surface area contributed by atoms with Crippen LogP contribution >= 0.6 is 0 Å². The molecule has 27 heavy (non-hydrogen) atoms. The highest BCUT2D eigenvalue weighted by Crippen LogP contribution is 2.35. The van der Waals surface area contributed by atoms with Crippen molar-refractivity contribution in [3.63, 3.8) is 0 Å². The average molecular weight is 369 g/mol. The third-order valence-corrected chi connectivity index (χ3v) is 4.50. The van der Waals surface area contributed by atoms with E-state index < -0.39 is 0 Å². The first-order valence-corrected chi connectivity index (χ1v) is 9.28. The summed E-state index contributed by atoms with van der Waals surface area (Å²) >= 11 is 0. The summed E-state index contributed by atoms with van der Waals surface area (Å²) in [6.45, 7) is 2.18. The number of nitrogens with zero attached hydrogens (tertiary/aromatic N) is 1. The first-order chi connectivity index (χ1) is 13.1. The molecule has 0 fully saturated rings. The summed E-state index contributed by atoms with van der Waals surface area (Å²) in [7, 11) is 3.13. The number of benzene rings is 2. The summed E-state index contributed by atoms with van der Waals surface area (Å²) < 4.78 is 10.4. The maximum absolute atomic E-state index is 11.6. The lowest BCUT2D eigenvalue weighted by Crippen LogP contribution is -1.98. The van der Waals surface area contributed by atoms with E-state index >= 15 is 0 Å². The minimum atomic E-state index is -0.355. The topological polar surface area (TPSA) is 61.6 Å². The molecule has 0 amide bonds. The molecule has 0 aliphatic heterocycles. The number of nitro groups is 1. The average Bonchev–Trinajstić information content (AvgIpc) is 2.70. The van der Waals surface area contributed by atoms with E-state index in [-0.39, 0.29) is 10.6 Å². The molecular formula is C22H27NO4. The van der Waals surface area contributed by atoms with E-state index in [1.807, 2.05) is 24.3 Å². The zero-order valence-corrected chi connectivity index (χ0v) is 16.2. The molecule has 0 radical (unpaired) electrons. The number of nitro benzene ring substituents is 1. The third-order valence-electron chi connectivity index (χ3n) is 4.50. The monoisotopic (exact) mass is 369 g/mol. The molecule has 0 aromatic heterocycles. The lowest BCUT2D eigenvalue weighted by molar-refractivity contribution is -0.385. The molecule has 2 aromatic rings. The van der Waals surface area contributed by atoms with Crippen molar-refractivity contribution in [2.24, 2.45) is 0 Å². The maximum atomic E-state index is 11.6. The second-order valence-corrected chi connectivity index (χ2v) is 6.34. The van der Waals surface area contributed by atoms with Crippen LogP contribution in [-0.2, 0) is 0 Å². The predicted octanol–water partition coefficient (Wildman–Crippen LogP) is 6.01. The van der Waals surface area contributed by atoms with E-state index in [2.05, 4.69) is 13.0 Å². The van der Waals surface area contributed by atoms with Gasteiger partial charge in [-0.3, -0.25) is 10.1 Å². The van der Waals surface area contributed by atoms with Crippen LogP contribution in [0.25, 0.3) is 5.57 Å². The second kappa shape index (κ2) is 10.4. The molecule has 2 rings (SSSR count). The summed E-state index contributed by atoms with van der Waals surface area (Å²) in [6.07, 6.45) is 7.59. The highest BCUT2D eigenvalue weighted by Gasteiger charge is 2.19. The highest BCUT2D eigenvalue weighted by molar-refractivity contribution is 5.84. The van der Waals surface area contributed by atoms with Gasteiger partial charge in [0, 0.05) is 0 Å². The van der Waals surface area contributed by atoms with Gasteiger partial charge in [0.15, 0.2) is 0 Å². The van der Waals surface area contributed by atoms with Gasteiger partial charge < -0.3 is 9.47 Å². The summed E-state index contributed by atoms with van der Waals surface area (Å²) in [5.41, 5.74) is 2.44. The molecule has 0 bridgehead atoms. The van der Waals surface area contributed by atoms with Crippen LogP contribution in [0.1, 0.15) is 50.2 Å². The fraction of sp³-hybridized carbons (Fsp3) is 0.364. The minimum Gasteiger partial charge on any atom is -0.497 e. The smallest absolute Gasteiger partial charge is 0.280 e. The molecule has 0 saturated heterocycles. The SMILES string of the molecule is CCCCCC/C=C(/c1ccc(OC)cc1)c1ccc(OC)cc1[N+](=O)[O-]. The Morgan fingerprint density at radius 2 is 1.67 bits per heavy atom. The first-order valence-electron chi connectivity index (χ1n) is 9.28. The molecule has 0 aliphatic rings. The van der Waals surface area contributed by atoms with Gasteiger partial charge >= 0.3 is 0 Å². The van der Waals surface area contributed by atoms with Gasteiger partial charge in [-0.25, -0.2) is 0 Å². The van der Waals surface area contributed by atoms with E-state index in [0.29, 0.717) is 11.3 Å². The Morgan fingerprint density at radius 3 is 2.26 bits per heavy atom. The first kappa shape index (κ1) is 20.5. The van der Waals surface area contributed by atoms with Crippen LogP contribution in [-0.4, -0.2) is 19.1 Å². The van der Waals surface area contributed by atoms with Crippen molar-refractivity contribution in [3.05, 3.63) is 69.8 Å². The molecule has 5 nitrogen and oxygen atoms in total. The number of allylic oxidation sites excluding steroid dienone is 1. The Balaban J connectivity index is 2.45.